The first-order valence-corrected chi connectivity index (χ1v) is 8.83. The van der Waals surface area contributed by atoms with Crippen LogP contribution in [0, 0.1) is 0 Å². The van der Waals surface area contributed by atoms with Gasteiger partial charge >= 0.3 is 0 Å². The van der Waals surface area contributed by atoms with E-state index in [0.717, 1.165) is 30.3 Å². The third-order valence-electron chi connectivity index (χ3n) is 5.16. The zero-order valence-corrected chi connectivity index (χ0v) is 14.2. The first-order chi connectivity index (χ1) is 10.2. The van der Waals surface area contributed by atoms with E-state index in [9.17, 15) is 5.11 Å². The van der Waals surface area contributed by atoms with E-state index in [4.69, 9.17) is 0 Å². The Bertz CT molecular complexity index is 450. The minimum atomic E-state index is -0.0645. The summed E-state index contributed by atoms with van der Waals surface area (Å²) in [7, 11) is 2.04. The summed E-state index contributed by atoms with van der Waals surface area (Å²) in [5.41, 5.74) is 1.35. The fraction of sp³-hybridized carbons (Fsp3) is 0.647. The van der Waals surface area contributed by atoms with Crippen LogP contribution in [-0.4, -0.2) is 41.8 Å². The fourth-order valence-corrected chi connectivity index (χ4v) is 4.33. The number of benzene rings is 1. The van der Waals surface area contributed by atoms with Crippen LogP contribution in [0.25, 0.3) is 0 Å². The van der Waals surface area contributed by atoms with Gasteiger partial charge < -0.3 is 10.4 Å². The van der Waals surface area contributed by atoms with E-state index in [0.29, 0.717) is 18.1 Å². The maximum Gasteiger partial charge on any atom is 0.0570 e. The van der Waals surface area contributed by atoms with Gasteiger partial charge in [-0.1, -0.05) is 28.1 Å². The number of aliphatic hydroxyl groups excluding tert-OH is 1. The lowest BCUT2D eigenvalue weighted by Gasteiger charge is -2.37. The van der Waals surface area contributed by atoms with Crippen molar-refractivity contribution < 1.29 is 5.11 Å². The monoisotopic (exact) mass is 352 g/mol. The van der Waals surface area contributed by atoms with Gasteiger partial charge in [0.2, 0.25) is 0 Å². The number of hydrogen-bond acceptors (Lipinski definition) is 3. The molecule has 21 heavy (non-hydrogen) atoms. The zero-order valence-electron chi connectivity index (χ0n) is 12.6. The van der Waals surface area contributed by atoms with Gasteiger partial charge in [0, 0.05) is 29.1 Å². The van der Waals surface area contributed by atoms with Gasteiger partial charge in [0.25, 0.3) is 0 Å². The van der Waals surface area contributed by atoms with Crippen molar-refractivity contribution in [1.82, 2.24) is 10.2 Å². The second-order valence-corrected chi connectivity index (χ2v) is 7.35. The number of hydrogen-bond donors (Lipinski definition) is 2. The largest absolute Gasteiger partial charge is 0.393 e. The third-order valence-corrected chi connectivity index (χ3v) is 5.68. The molecule has 4 heteroatoms. The molecule has 3 rings (SSSR count). The molecule has 3 nitrogen and oxygen atoms in total. The van der Waals surface area contributed by atoms with Crippen LogP contribution in [0.1, 0.15) is 43.7 Å². The molecule has 1 aromatic rings. The molecule has 3 atom stereocenters. The van der Waals surface area contributed by atoms with Crippen molar-refractivity contribution in [1.29, 1.82) is 0 Å². The molecule has 2 aliphatic rings. The van der Waals surface area contributed by atoms with E-state index in [1.165, 1.54) is 18.4 Å². The van der Waals surface area contributed by atoms with Crippen LogP contribution in [-0.2, 0) is 0 Å². The molecule has 2 fully saturated rings. The predicted molar refractivity (Wildman–Crippen MR) is 89.3 cm³/mol. The molecule has 0 saturated carbocycles. The SMILES string of the molecule is CNC(CCN1C2CCC1CC(O)C2)c1ccc(Br)cc1. The molecule has 2 bridgehead atoms. The van der Waals surface area contributed by atoms with E-state index in [1.54, 1.807) is 0 Å². The number of aliphatic hydroxyl groups is 1. The third kappa shape index (κ3) is 3.50. The molecule has 0 amide bonds. The standard InChI is InChI=1S/C17H25BrN2O/c1-19-17(12-2-4-13(18)5-3-12)8-9-20-14-6-7-15(20)11-16(21)10-14/h2-5,14-17,19,21H,6-11H2,1H3. The van der Waals surface area contributed by atoms with Gasteiger partial charge in [0.05, 0.1) is 6.10 Å². The Kier molecular flexibility index (Phi) is 4.99. The minimum Gasteiger partial charge on any atom is -0.393 e. The summed E-state index contributed by atoms with van der Waals surface area (Å²) in [5, 5.41) is 13.3. The average molecular weight is 353 g/mol. The molecule has 0 radical (unpaired) electrons. The molecule has 0 aliphatic carbocycles. The van der Waals surface area contributed by atoms with Crippen LogP contribution in [0.15, 0.2) is 28.7 Å². The predicted octanol–water partition coefficient (Wildman–Crippen LogP) is 3.09. The van der Waals surface area contributed by atoms with Crippen molar-refractivity contribution in [2.75, 3.05) is 13.6 Å². The van der Waals surface area contributed by atoms with Crippen molar-refractivity contribution in [2.24, 2.45) is 0 Å². The van der Waals surface area contributed by atoms with E-state index in [-0.39, 0.29) is 6.10 Å². The van der Waals surface area contributed by atoms with Crippen LogP contribution in [0.3, 0.4) is 0 Å². The first kappa shape index (κ1) is 15.5. The molecular formula is C17H25BrN2O. The van der Waals surface area contributed by atoms with Gasteiger partial charge in [-0.05, 0) is 56.8 Å². The molecule has 2 aliphatic heterocycles. The van der Waals surface area contributed by atoms with Gasteiger partial charge in [0.1, 0.15) is 0 Å². The zero-order chi connectivity index (χ0) is 14.8. The number of fused-ring (bicyclic) bond motifs is 2. The molecule has 0 aromatic heterocycles. The maximum absolute atomic E-state index is 9.89. The summed E-state index contributed by atoms with van der Waals surface area (Å²) in [4.78, 5) is 2.65. The summed E-state index contributed by atoms with van der Waals surface area (Å²) in [6.07, 6.45) is 5.54. The van der Waals surface area contributed by atoms with Crippen molar-refractivity contribution in [3.8, 4) is 0 Å². The van der Waals surface area contributed by atoms with Crippen LogP contribution in [0.2, 0.25) is 0 Å². The highest BCUT2D eigenvalue weighted by Gasteiger charge is 2.39. The molecular weight excluding hydrogens is 328 g/mol. The highest BCUT2D eigenvalue weighted by Crippen LogP contribution is 2.36. The van der Waals surface area contributed by atoms with Gasteiger partial charge in [-0.2, -0.15) is 0 Å². The summed E-state index contributed by atoms with van der Waals surface area (Å²) in [5.74, 6) is 0. The minimum absolute atomic E-state index is 0.0645. The summed E-state index contributed by atoms with van der Waals surface area (Å²) in [6, 6.07) is 10.2. The lowest BCUT2D eigenvalue weighted by atomic mass is 9.98. The molecule has 116 valence electrons. The number of halogens is 1. The Balaban J connectivity index is 1.60. The van der Waals surface area contributed by atoms with E-state index >= 15 is 0 Å². The van der Waals surface area contributed by atoms with Gasteiger partial charge in [-0.15, -0.1) is 0 Å². The van der Waals surface area contributed by atoms with Crippen LogP contribution in [0.5, 0.6) is 0 Å². The van der Waals surface area contributed by atoms with E-state index in [1.807, 2.05) is 7.05 Å². The summed E-state index contributed by atoms with van der Waals surface area (Å²) in [6.45, 7) is 1.13. The van der Waals surface area contributed by atoms with Gasteiger partial charge in [-0.25, -0.2) is 0 Å². The molecule has 2 heterocycles. The number of nitrogens with one attached hydrogen (secondary N) is 1. The molecule has 0 spiro atoms. The van der Waals surface area contributed by atoms with Crippen molar-refractivity contribution >= 4 is 15.9 Å². The van der Waals surface area contributed by atoms with Crippen LogP contribution >= 0.6 is 15.9 Å². The summed E-state index contributed by atoms with van der Waals surface area (Å²) < 4.78 is 1.13. The highest BCUT2D eigenvalue weighted by molar-refractivity contribution is 9.10. The Morgan fingerprint density at radius 3 is 2.43 bits per heavy atom. The number of rotatable bonds is 5. The van der Waals surface area contributed by atoms with Gasteiger partial charge in [-0.3, -0.25) is 4.90 Å². The molecule has 3 unspecified atom stereocenters. The average Bonchev–Trinajstić information content (AvgIpc) is 2.72. The molecule has 2 saturated heterocycles. The normalized spacial score (nSPS) is 30.5. The molecule has 1 aromatic carbocycles. The maximum atomic E-state index is 9.89. The van der Waals surface area contributed by atoms with Crippen LogP contribution in [0.4, 0.5) is 0 Å². The fourth-order valence-electron chi connectivity index (χ4n) is 4.06. The van der Waals surface area contributed by atoms with Crippen molar-refractivity contribution in [3.63, 3.8) is 0 Å². The van der Waals surface area contributed by atoms with Crippen molar-refractivity contribution in [2.45, 2.75) is 56.3 Å². The Hall–Kier alpha value is -0.420. The smallest absolute Gasteiger partial charge is 0.0570 e. The second-order valence-electron chi connectivity index (χ2n) is 6.43. The van der Waals surface area contributed by atoms with Crippen LogP contribution < -0.4 is 5.32 Å². The Morgan fingerprint density at radius 1 is 1.24 bits per heavy atom. The summed E-state index contributed by atoms with van der Waals surface area (Å²) >= 11 is 3.50. The van der Waals surface area contributed by atoms with Gasteiger partial charge in [0.15, 0.2) is 0 Å². The quantitative estimate of drug-likeness (QED) is 0.854. The number of nitrogens with zero attached hydrogens (tertiary/aromatic N) is 1. The second kappa shape index (κ2) is 6.78. The first-order valence-electron chi connectivity index (χ1n) is 8.04. The van der Waals surface area contributed by atoms with E-state index in [2.05, 4.69) is 50.4 Å². The molecule has 2 N–H and O–H groups in total. The highest BCUT2D eigenvalue weighted by atomic mass is 79.9. The van der Waals surface area contributed by atoms with E-state index < -0.39 is 0 Å². The Morgan fingerprint density at radius 2 is 1.86 bits per heavy atom. The lowest BCUT2D eigenvalue weighted by molar-refractivity contribution is 0.0336. The van der Waals surface area contributed by atoms with Crippen molar-refractivity contribution in [3.05, 3.63) is 34.3 Å². The number of piperidine rings is 1. The lowest BCUT2D eigenvalue weighted by Crippen LogP contribution is -2.45. The topological polar surface area (TPSA) is 35.5 Å². The Labute approximate surface area is 135 Å².